The molecule has 3 nitrogen and oxygen atoms in total. The van der Waals surface area contributed by atoms with Crippen LogP contribution in [0.3, 0.4) is 0 Å². The summed E-state index contributed by atoms with van der Waals surface area (Å²) in [7, 11) is 1.94. The van der Waals surface area contributed by atoms with E-state index >= 15 is 0 Å². The SMILES string of the molecule is CC[C@@H](C)CNCc1cnn(C)c1. The molecule has 0 amide bonds. The molecule has 0 saturated carbocycles. The molecule has 0 aromatic carbocycles. The summed E-state index contributed by atoms with van der Waals surface area (Å²) in [5.74, 6) is 0.761. The van der Waals surface area contributed by atoms with Crippen molar-refractivity contribution >= 4 is 0 Å². The molecule has 0 radical (unpaired) electrons. The highest BCUT2D eigenvalue weighted by Crippen LogP contribution is 1.99. The lowest BCUT2D eigenvalue weighted by Gasteiger charge is -2.08. The Morgan fingerprint density at radius 2 is 2.38 bits per heavy atom. The van der Waals surface area contributed by atoms with Gasteiger partial charge in [0.2, 0.25) is 0 Å². The van der Waals surface area contributed by atoms with Gasteiger partial charge in [0.05, 0.1) is 6.20 Å². The lowest BCUT2D eigenvalue weighted by Crippen LogP contribution is -2.19. The summed E-state index contributed by atoms with van der Waals surface area (Å²) in [6.45, 7) is 6.50. The summed E-state index contributed by atoms with van der Waals surface area (Å²) in [5, 5.41) is 7.52. The van der Waals surface area contributed by atoms with Gasteiger partial charge in [0.1, 0.15) is 0 Å². The zero-order valence-electron chi connectivity index (χ0n) is 8.75. The molecule has 0 aliphatic heterocycles. The molecule has 0 unspecified atom stereocenters. The van der Waals surface area contributed by atoms with E-state index < -0.39 is 0 Å². The molecule has 0 spiro atoms. The summed E-state index contributed by atoms with van der Waals surface area (Å²) in [6, 6.07) is 0. The Balaban J connectivity index is 2.20. The molecule has 3 heteroatoms. The first-order valence-electron chi connectivity index (χ1n) is 4.90. The second kappa shape index (κ2) is 5.02. The molecule has 0 bridgehead atoms. The van der Waals surface area contributed by atoms with E-state index in [0.717, 1.165) is 19.0 Å². The van der Waals surface area contributed by atoms with Gasteiger partial charge in [0.25, 0.3) is 0 Å². The minimum absolute atomic E-state index is 0.761. The van der Waals surface area contributed by atoms with Crippen LogP contribution in [0.15, 0.2) is 12.4 Å². The molecule has 1 N–H and O–H groups in total. The number of nitrogens with one attached hydrogen (secondary N) is 1. The average Bonchev–Trinajstić information content (AvgIpc) is 2.51. The highest BCUT2D eigenvalue weighted by Gasteiger charge is 1.98. The number of hydrogen-bond acceptors (Lipinski definition) is 2. The van der Waals surface area contributed by atoms with E-state index in [1.165, 1.54) is 12.0 Å². The Morgan fingerprint density at radius 1 is 1.62 bits per heavy atom. The number of hydrogen-bond donors (Lipinski definition) is 1. The van der Waals surface area contributed by atoms with Gasteiger partial charge >= 0.3 is 0 Å². The maximum absolute atomic E-state index is 4.11. The van der Waals surface area contributed by atoms with Crippen LogP contribution in [0.2, 0.25) is 0 Å². The zero-order chi connectivity index (χ0) is 9.68. The van der Waals surface area contributed by atoms with Crippen LogP contribution < -0.4 is 5.32 Å². The fourth-order valence-corrected chi connectivity index (χ4v) is 1.17. The van der Waals surface area contributed by atoms with E-state index in [1.54, 1.807) is 0 Å². The summed E-state index contributed by atoms with van der Waals surface area (Å²) in [5.41, 5.74) is 1.26. The highest BCUT2D eigenvalue weighted by atomic mass is 15.2. The van der Waals surface area contributed by atoms with Crippen LogP contribution in [0.4, 0.5) is 0 Å². The Hall–Kier alpha value is -0.830. The monoisotopic (exact) mass is 181 g/mol. The van der Waals surface area contributed by atoms with Gasteiger partial charge in [-0.1, -0.05) is 20.3 Å². The van der Waals surface area contributed by atoms with Gasteiger partial charge in [-0.05, 0) is 12.5 Å². The van der Waals surface area contributed by atoms with E-state index in [9.17, 15) is 0 Å². The Kier molecular flexibility index (Phi) is 3.96. The second-order valence-electron chi connectivity index (χ2n) is 3.67. The van der Waals surface area contributed by atoms with Crippen molar-refractivity contribution in [3.05, 3.63) is 18.0 Å². The standard InChI is InChI=1S/C10H19N3/c1-4-9(2)5-11-6-10-7-12-13(3)8-10/h7-9,11H,4-6H2,1-3H3/t9-/m1/s1. The summed E-state index contributed by atoms with van der Waals surface area (Å²) in [4.78, 5) is 0. The normalized spacial score (nSPS) is 13.2. The van der Waals surface area contributed by atoms with E-state index in [-0.39, 0.29) is 0 Å². The third-order valence-corrected chi connectivity index (χ3v) is 2.28. The molecule has 1 rings (SSSR count). The maximum Gasteiger partial charge on any atom is 0.0534 e. The number of rotatable bonds is 5. The molecule has 0 saturated heterocycles. The van der Waals surface area contributed by atoms with Crippen molar-refractivity contribution < 1.29 is 0 Å². The molecular weight excluding hydrogens is 162 g/mol. The topological polar surface area (TPSA) is 29.9 Å². The minimum Gasteiger partial charge on any atom is -0.312 e. The van der Waals surface area contributed by atoms with Crippen LogP contribution in [0, 0.1) is 5.92 Å². The van der Waals surface area contributed by atoms with Crippen LogP contribution in [0.5, 0.6) is 0 Å². The third kappa shape index (κ3) is 3.59. The third-order valence-electron chi connectivity index (χ3n) is 2.28. The predicted octanol–water partition coefficient (Wildman–Crippen LogP) is 1.56. The largest absolute Gasteiger partial charge is 0.312 e. The summed E-state index contributed by atoms with van der Waals surface area (Å²) < 4.78 is 1.83. The van der Waals surface area contributed by atoms with E-state index in [4.69, 9.17) is 0 Å². The lowest BCUT2D eigenvalue weighted by atomic mass is 10.1. The molecule has 1 heterocycles. The fraction of sp³-hybridized carbons (Fsp3) is 0.700. The first-order valence-corrected chi connectivity index (χ1v) is 4.90. The van der Waals surface area contributed by atoms with Crippen molar-refractivity contribution in [2.45, 2.75) is 26.8 Å². The number of aryl methyl sites for hydroxylation is 1. The lowest BCUT2D eigenvalue weighted by molar-refractivity contribution is 0.500. The first-order chi connectivity index (χ1) is 6.22. The van der Waals surface area contributed by atoms with Gasteiger partial charge < -0.3 is 5.32 Å². The Bertz CT molecular complexity index is 242. The van der Waals surface area contributed by atoms with Crippen LogP contribution in [-0.2, 0) is 13.6 Å². The summed E-state index contributed by atoms with van der Waals surface area (Å²) >= 11 is 0. The van der Waals surface area contributed by atoms with E-state index in [0.29, 0.717) is 0 Å². The summed E-state index contributed by atoms with van der Waals surface area (Å²) in [6.07, 6.45) is 5.19. The molecule has 1 aromatic rings. The van der Waals surface area contributed by atoms with Crippen molar-refractivity contribution in [2.24, 2.45) is 13.0 Å². The number of aromatic nitrogens is 2. The van der Waals surface area contributed by atoms with Crippen LogP contribution >= 0.6 is 0 Å². The van der Waals surface area contributed by atoms with Crippen molar-refractivity contribution in [2.75, 3.05) is 6.54 Å². The van der Waals surface area contributed by atoms with Crippen LogP contribution in [0.25, 0.3) is 0 Å². The second-order valence-corrected chi connectivity index (χ2v) is 3.67. The average molecular weight is 181 g/mol. The first kappa shape index (κ1) is 10.3. The molecule has 13 heavy (non-hydrogen) atoms. The Labute approximate surface area is 80.1 Å². The fourth-order valence-electron chi connectivity index (χ4n) is 1.17. The highest BCUT2D eigenvalue weighted by molar-refractivity contribution is 5.02. The Morgan fingerprint density at radius 3 is 2.92 bits per heavy atom. The molecule has 0 aliphatic carbocycles. The predicted molar refractivity (Wildman–Crippen MR) is 54.4 cm³/mol. The van der Waals surface area contributed by atoms with Gasteiger partial charge in [-0.2, -0.15) is 5.10 Å². The van der Waals surface area contributed by atoms with Gasteiger partial charge in [-0.25, -0.2) is 0 Å². The van der Waals surface area contributed by atoms with Crippen molar-refractivity contribution in [1.82, 2.24) is 15.1 Å². The van der Waals surface area contributed by atoms with Gasteiger partial charge in [-0.15, -0.1) is 0 Å². The molecule has 1 aromatic heterocycles. The van der Waals surface area contributed by atoms with Crippen LogP contribution in [0.1, 0.15) is 25.8 Å². The molecule has 0 fully saturated rings. The maximum atomic E-state index is 4.11. The van der Waals surface area contributed by atoms with Gasteiger partial charge in [0.15, 0.2) is 0 Å². The van der Waals surface area contributed by atoms with Gasteiger partial charge in [-0.3, -0.25) is 4.68 Å². The van der Waals surface area contributed by atoms with E-state index in [2.05, 4.69) is 24.3 Å². The molecule has 1 atom stereocenters. The van der Waals surface area contributed by atoms with Crippen molar-refractivity contribution in [3.63, 3.8) is 0 Å². The zero-order valence-corrected chi connectivity index (χ0v) is 8.75. The van der Waals surface area contributed by atoms with Crippen LogP contribution in [-0.4, -0.2) is 16.3 Å². The minimum atomic E-state index is 0.761. The van der Waals surface area contributed by atoms with Crippen molar-refractivity contribution in [3.8, 4) is 0 Å². The molecule has 0 aliphatic rings. The van der Waals surface area contributed by atoms with E-state index in [1.807, 2.05) is 24.1 Å². The quantitative estimate of drug-likeness (QED) is 0.747. The van der Waals surface area contributed by atoms with Crippen molar-refractivity contribution in [1.29, 1.82) is 0 Å². The molecule has 74 valence electrons. The van der Waals surface area contributed by atoms with Gasteiger partial charge in [0, 0.05) is 25.4 Å². The number of nitrogens with zero attached hydrogens (tertiary/aromatic N) is 2. The smallest absolute Gasteiger partial charge is 0.0534 e. The molecular formula is C10H19N3.